The maximum atomic E-state index is 12.4. The molecule has 0 bridgehead atoms. The van der Waals surface area contributed by atoms with Crippen LogP contribution >= 0.6 is 11.3 Å². The molecule has 0 saturated heterocycles. The molecule has 2 N–H and O–H groups in total. The maximum absolute atomic E-state index is 12.4. The van der Waals surface area contributed by atoms with Crippen LogP contribution in [0.2, 0.25) is 0 Å². The van der Waals surface area contributed by atoms with Crippen molar-refractivity contribution < 1.29 is 4.79 Å². The van der Waals surface area contributed by atoms with E-state index in [9.17, 15) is 4.79 Å². The van der Waals surface area contributed by atoms with Crippen molar-refractivity contribution in [1.82, 2.24) is 5.32 Å². The number of hydrogen-bond acceptors (Lipinski definition) is 3. The highest BCUT2D eigenvalue weighted by atomic mass is 32.1. The van der Waals surface area contributed by atoms with Crippen molar-refractivity contribution in [2.45, 2.75) is 12.5 Å². The summed E-state index contributed by atoms with van der Waals surface area (Å²) in [5, 5.41) is 8.45. The van der Waals surface area contributed by atoms with Crippen LogP contribution in [0.1, 0.15) is 22.9 Å². The van der Waals surface area contributed by atoms with Crippen molar-refractivity contribution in [1.29, 1.82) is 0 Å². The van der Waals surface area contributed by atoms with Crippen LogP contribution < -0.4 is 10.6 Å². The Morgan fingerprint density at radius 2 is 1.62 bits per heavy atom. The number of carbonyl (C=O) groups is 1. The molecule has 1 heterocycles. The van der Waals surface area contributed by atoms with E-state index in [-0.39, 0.29) is 11.9 Å². The summed E-state index contributed by atoms with van der Waals surface area (Å²) in [6.45, 7) is 0.613. The molecule has 122 valence electrons. The summed E-state index contributed by atoms with van der Waals surface area (Å²) < 4.78 is 0. The number of nitrogens with one attached hydrogen (secondary N) is 2. The molecule has 0 aliphatic rings. The molecule has 3 nitrogen and oxygen atoms in total. The third kappa shape index (κ3) is 4.46. The highest BCUT2D eigenvalue weighted by Gasteiger charge is 2.17. The summed E-state index contributed by atoms with van der Waals surface area (Å²) in [6, 6.07) is 24.0. The lowest BCUT2D eigenvalue weighted by Crippen LogP contribution is -2.30. The molecular weight excluding hydrogens is 316 g/mol. The Labute approximate surface area is 146 Å². The summed E-state index contributed by atoms with van der Waals surface area (Å²) in [4.78, 5) is 13.5. The fourth-order valence-electron chi connectivity index (χ4n) is 2.53. The largest absolute Gasteiger partial charge is 0.385 e. The van der Waals surface area contributed by atoms with E-state index < -0.39 is 0 Å². The van der Waals surface area contributed by atoms with Crippen molar-refractivity contribution in [2.24, 2.45) is 0 Å². The number of benzene rings is 2. The summed E-state index contributed by atoms with van der Waals surface area (Å²) in [6.07, 6.45) is 0.434. The number of carbonyl (C=O) groups excluding carboxylic acids is 1. The van der Waals surface area contributed by atoms with Gasteiger partial charge in [0, 0.05) is 23.5 Å². The van der Waals surface area contributed by atoms with Gasteiger partial charge in [-0.05, 0) is 29.1 Å². The second-order valence-corrected chi connectivity index (χ2v) is 6.45. The van der Waals surface area contributed by atoms with Crippen LogP contribution in [-0.4, -0.2) is 12.5 Å². The lowest BCUT2D eigenvalue weighted by molar-refractivity contribution is -0.121. The van der Waals surface area contributed by atoms with Gasteiger partial charge in [0.2, 0.25) is 5.91 Å². The summed E-state index contributed by atoms with van der Waals surface area (Å²) in [7, 11) is 0. The smallest absolute Gasteiger partial charge is 0.222 e. The first kappa shape index (κ1) is 16.3. The molecule has 0 radical (unpaired) electrons. The van der Waals surface area contributed by atoms with Crippen molar-refractivity contribution in [2.75, 3.05) is 11.9 Å². The molecule has 0 spiro atoms. The zero-order valence-corrected chi connectivity index (χ0v) is 14.1. The first-order valence-electron chi connectivity index (χ1n) is 7.99. The lowest BCUT2D eigenvalue weighted by Gasteiger charge is -2.18. The van der Waals surface area contributed by atoms with Crippen molar-refractivity contribution in [3.8, 4) is 0 Å². The van der Waals surface area contributed by atoms with Gasteiger partial charge in [-0.1, -0.05) is 54.6 Å². The second-order valence-electron chi connectivity index (χ2n) is 5.47. The van der Waals surface area contributed by atoms with E-state index in [2.05, 4.69) is 16.7 Å². The molecule has 1 unspecified atom stereocenters. The summed E-state index contributed by atoms with van der Waals surface area (Å²) in [5.41, 5.74) is 2.13. The highest BCUT2D eigenvalue weighted by molar-refractivity contribution is 7.10. The van der Waals surface area contributed by atoms with Gasteiger partial charge in [-0.25, -0.2) is 0 Å². The molecule has 0 saturated carbocycles. The molecule has 0 aliphatic heterocycles. The maximum Gasteiger partial charge on any atom is 0.222 e. The molecule has 0 fully saturated rings. The Kier molecular flexibility index (Phi) is 5.64. The standard InChI is InChI=1S/C20H20N2OS/c23-19(13-14-21-17-10-5-2-6-11-17)22-20(18-12-7-15-24-18)16-8-3-1-4-9-16/h1-12,15,20-21H,13-14H2,(H,22,23). The van der Waals surface area contributed by atoms with Gasteiger partial charge in [-0.15, -0.1) is 11.3 Å². The van der Waals surface area contributed by atoms with Gasteiger partial charge in [0.15, 0.2) is 0 Å². The van der Waals surface area contributed by atoms with E-state index in [1.165, 1.54) is 0 Å². The topological polar surface area (TPSA) is 41.1 Å². The predicted molar refractivity (Wildman–Crippen MR) is 100 cm³/mol. The van der Waals surface area contributed by atoms with E-state index in [1.807, 2.05) is 72.1 Å². The van der Waals surface area contributed by atoms with Crippen LogP contribution in [-0.2, 0) is 4.79 Å². The van der Waals surface area contributed by atoms with Crippen molar-refractivity contribution in [3.05, 3.63) is 88.6 Å². The molecular formula is C20H20N2OS. The molecule has 3 aromatic rings. The summed E-state index contributed by atoms with van der Waals surface area (Å²) in [5.74, 6) is 0.0423. The Morgan fingerprint density at radius 1 is 0.917 bits per heavy atom. The predicted octanol–water partition coefficient (Wildman–Crippen LogP) is 4.46. The first-order valence-corrected chi connectivity index (χ1v) is 8.87. The first-order chi connectivity index (χ1) is 11.8. The third-order valence-electron chi connectivity index (χ3n) is 3.72. The Bertz CT molecular complexity index is 742. The second kappa shape index (κ2) is 8.31. The van der Waals surface area contributed by atoms with Gasteiger partial charge in [0.05, 0.1) is 6.04 Å². The van der Waals surface area contributed by atoms with Gasteiger partial charge < -0.3 is 10.6 Å². The number of amides is 1. The minimum Gasteiger partial charge on any atom is -0.385 e. The van der Waals surface area contributed by atoms with Crippen molar-refractivity contribution in [3.63, 3.8) is 0 Å². The Morgan fingerprint density at radius 3 is 2.29 bits per heavy atom. The monoisotopic (exact) mass is 336 g/mol. The average Bonchev–Trinajstić information content (AvgIpc) is 3.16. The van der Waals surface area contributed by atoms with Gasteiger partial charge >= 0.3 is 0 Å². The molecule has 1 aromatic heterocycles. The zero-order chi connectivity index (χ0) is 16.6. The molecule has 1 amide bonds. The minimum atomic E-state index is -0.0876. The summed E-state index contributed by atoms with van der Waals surface area (Å²) >= 11 is 1.66. The van der Waals surface area contributed by atoms with Crippen LogP contribution in [0.4, 0.5) is 5.69 Å². The van der Waals surface area contributed by atoms with Crippen molar-refractivity contribution >= 4 is 22.9 Å². The van der Waals surface area contributed by atoms with Crippen LogP contribution in [0, 0.1) is 0 Å². The van der Waals surface area contributed by atoms with Crippen LogP contribution in [0.5, 0.6) is 0 Å². The number of anilines is 1. The van der Waals surface area contributed by atoms with Gasteiger partial charge in [-0.3, -0.25) is 4.79 Å². The SMILES string of the molecule is O=C(CCNc1ccccc1)NC(c1ccccc1)c1cccs1. The zero-order valence-electron chi connectivity index (χ0n) is 13.3. The number of para-hydroxylation sites is 1. The Balaban J connectivity index is 1.59. The van der Waals surface area contributed by atoms with Gasteiger partial charge in [-0.2, -0.15) is 0 Å². The fraction of sp³-hybridized carbons (Fsp3) is 0.150. The number of thiophene rings is 1. The molecule has 1 atom stereocenters. The minimum absolute atomic E-state index is 0.0423. The van der Waals surface area contributed by atoms with E-state index in [4.69, 9.17) is 0 Å². The molecule has 4 heteroatoms. The quantitative estimate of drug-likeness (QED) is 0.669. The number of hydrogen-bond donors (Lipinski definition) is 2. The van der Waals surface area contributed by atoms with E-state index in [1.54, 1.807) is 11.3 Å². The number of rotatable bonds is 7. The van der Waals surface area contributed by atoms with Gasteiger partial charge in [0.1, 0.15) is 0 Å². The molecule has 0 aliphatic carbocycles. The van der Waals surface area contributed by atoms with E-state index in [0.29, 0.717) is 13.0 Å². The fourth-order valence-corrected chi connectivity index (χ4v) is 3.33. The Hall–Kier alpha value is -2.59. The third-order valence-corrected chi connectivity index (χ3v) is 4.66. The lowest BCUT2D eigenvalue weighted by atomic mass is 10.1. The normalized spacial score (nSPS) is 11.7. The molecule has 2 aromatic carbocycles. The van der Waals surface area contributed by atoms with E-state index >= 15 is 0 Å². The highest BCUT2D eigenvalue weighted by Crippen LogP contribution is 2.25. The van der Waals surface area contributed by atoms with Crippen LogP contribution in [0.25, 0.3) is 0 Å². The van der Waals surface area contributed by atoms with Crippen LogP contribution in [0.15, 0.2) is 78.2 Å². The average molecular weight is 336 g/mol. The van der Waals surface area contributed by atoms with Crippen LogP contribution in [0.3, 0.4) is 0 Å². The van der Waals surface area contributed by atoms with E-state index in [0.717, 1.165) is 16.1 Å². The molecule has 3 rings (SSSR count). The molecule has 24 heavy (non-hydrogen) atoms. The van der Waals surface area contributed by atoms with Gasteiger partial charge in [0.25, 0.3) is 0 Å².